The molecule has 3 aromatic carbocycles. The first-order chi connectivity index (χ1) is 12.8. The van der Waals surface area contributed by atoms with Gasteiger partial charge in [-0.2, -0.15) is 0 Å². The van der Waals surface area contributed by atoms with E-state index in [9.17, 15) is 4.39 Å². The Morgan fingerprint density at radius 2 is 1.27 bits per heavy atom. The quantitative estimate of drug-likeness (QED) is 0.638. The van der Waals surface area contributed by atoms with Gasteiger partial charge in [0.25, 0.3) is 0 Å². The maximum absolute atomic E-state index is 13.8. The van der Waals surface area contributed by atoms with Crippen LogP contribution in [-0.2, 0) is 19.7 Å². The second-order valence-corrected chi connectivity index (χ2v) is 5.90. The van der Waals surface area contributed by atoms with Crippen molar-refractivity contribution >= 4 is 0 Å². The summed E-state index contributed by atoms with van der Waals surface area (Å²) in [5, 5.41) is 3.41. The number of hydrogen-bond donors (Lipinski definition) is 1. The van der Waals surface area contributed by atoms with Crippen LogP contribution in [0, 0.1) is 5.82 Å². The fourth-order valence-electron chi connectivity index (χ4n) is 2.74. The average Bonchev–Trinajstić information content (AvgIpc) is 2.68. The lowest BCUT2D eigenvalue weighted by atomic mass is 10.1. The smallest absolute Gasteiger partial charge is 0.129 e. The third kappa shape index (κ3) is 4.61. The molecule has 0 heterocycles. The van der Waals surface area contributed by atoms with E-state index in [4.69, 9.17) is 9.47 Å². The van der Waals surface area contributed by atoms with E-state index in [2.05, 4.69) is 5.32 Å². The van der Waals surface area contributed by atoms with Crippen molar-refractivity contribution < 1.29 is 13.9 Å². The molecule has 1 N–H and O–H groups in total. The monoisotopic (exact) mass is 351 g/mol. The molecular weight excluding hydrogens is 329 g/mol. The molecule has 3 rings (SSSR count). The van der Waals surface area contributed by atoms with Gasteiger partial charge in [0.15, 0.2) is 0 Å². The van der Waals surface area contributed by atoms with Gasteiger partial charge < -0.3 is 14.8 Å². The van der Waals surface area contributed by atoms with Crippen molar-refractivity contribution in [3.63, 3.8) is 0 Å². The molecule has 0 saturated heterocycles. The molecule has 0 atom stereocenters. The summed E-state index contributed by atoms with van der Waals surface area (Å²) in [5.41, 5.74) is 2.67. The Morgan fingerprint density at radius 3 is 1.92 bits per heavy atom. The molecule has 0 unspecified atom stereocenters. The lowest BCUT2D eigenvalue weighted by molar-refractivity contribution is 0.296. The highest BCUT2D eigenvalue weighted by Gasteiger charge is 2.07. The van der Waals surface area contributed by atoms with E-state index in [1.165, 1.54) is 6.07 Å². The Bertz CT molecular complexity index is 851. The van der Waals surface area contributed by atoms with Crippen LogP contribution in [0.2, 0.25) is 0 Å². The van der Waals surface area contributed by atoms with E-state index < -0.39 is 0 Å². The van der Waals surface area contributed by atoms with Gasteiger partial charge in [-0.25, -0.2) is 4.39 Å². The third-order valence-electron chi connectivity index (χ3n) is 4.14. The first-order valence-corrected chi connectivity index (χ1v) is 8.54. The van der Waals surface area contributed by atoms with Crippen molar-refractivity contribution in [3.05, 3.63) is 95.3 Å². The molecule has 0 radical (unpaired) electrons. The van der Waals surface area contributed by atoms with Crippen molar-refractivity contribution in [2.45, 2.75) is 19.7 Å². The molecule has 0 fully saturated rings. The average molecular weight is 351 g/mol. The minimum absolute atomic E-state index is 0.205. The number of benzene rings is 3. The van der Waals surface area contributed by atoms with Crippen molar-refractivity contribution in [2.75, 3.05) is 7.11 Å². The van der Waals surface area contributed by atoms with Gasteiger partial charge in [0.2, 0.25) is 0 Å². The molecule has 26 heavy (non-hydrogen) atoms. The van der Waals surface area contributed by atoms with Gasteiger partial charge in [-0.05, 0) is 18.2 Å². The van der Waals surface area contributed by atoms with Crippen molar-refractivity contribution in [1.29, 1.82) is 0 Å². The highest BCUT2D eigenvalue weighted by molar-refractivity contribution is 5.35. The topological polar surface area (TPSA) is 30.5 Å². The molecule has 0 amide bonds. The van der Waals surface area contributed by atoms with E-state index in [-0.39, 0.29) is 12.4 Å². The summed E-state index contributed by atoms with van der Waals surface area (Å²) in [4.78, 5) is 0. The Balaban J connectivity index is 1.61. The van der Waals surface area contributed by atoms with Gasteiger partial charge in [-0.1, -0.05) is 54.6 Å². The molecule has 3 aromatic rings. The Hall–Kier alpha value is -2.85. The number of rotatable bonds is 8. The fraction of sp³-hybridized carbons (Fsp3) is 0.182. The number of ether oxygens (including phenoxy) is 2. The van der Waals surface area contributed by atoms with Crippen molar-refractivity contribution in [3.8, 4) is 11.5 Å². The van der Waals surface area contributed by atoms with Crippen LogP contribution in [0.15, 0.2) is 72.8 Å². The number of methoxy groups -OCH3 is 1. The zero-order valence-corrected chi connectivity index (χ0v) is 14.7. The van der Waals surface area contributed by atoms with Crippen LogP contribution in [0.25, 0.3) is 0 Å². The normalized spacial score (nSPS) is 10.5. The summed E-state index contributed by atoms with van der Waals surface area (Å²) >= 11 is 0. The molecule has 4 heteroatoms. The van der Waals surface area contributed by atoms with Gasteiger partial charge in [-0.15, -0.1) is 0 Å². The van der Waals surface area contributed by atoms with Crippen molar-refractivity contribution in [1.82, 2.24) is 5.32 Å². The van der Waals surface area contributed by atoms with Crippen LogP contribution >= 0.6 is 0 Å². The summed E-state index contributed by atoms with van der Waals surface area (Å²) in [6, 6.07) is 22.4. The second kappa shape index (κ2) is 9.02. The van der Waals surface area contributed by atoms with Gasteiger partial charge in [0.05, 0.1) is 7.11 Å². The lowest BCUT2D eigenvalue weighted by Gasteiger charge is -2.13. The Kier molecular flexibility index (Phi) is 6.23. The molecule has 134 valence electrons. The summed E-state index contributed by atoms with van der Waals surface area (Å²) in [6.45, 7) is 1.54. The highest BCUT2D eigenvalue weighted by Crippen LogP contribution is 2.21. The molecule has 0 aliphatic rings. The first-order valence-electron chi connectivity index (χ1n) is 8.54. The number of para-hydroxylation sites is 2. The van der Waals surface area contributed by atoms with Gasteiger partial charge in [0, 0.05) is 29.8 Å². The fourth-order valence-corrected chi connectivity index (χ4v) is 2.74. The molecule has 0 aliphatic carbocycles. The van der Waals surface area contributed by atoms with Crippen LogP contribution in [0.1, 0.15) is 16.7 Å². The van der Waals surface area contributed by atoms with E-state index in [0.29, 0.717) is 18.7 Å². The second-order valence-electron chi connectivity index (χ2n) is 5.90. The molecule has 0 aliphatic heterocycles. The largest absolute Gasteiger partial charge is 0.496 e. The van der Waals surface area contributed by atoms with E-state index >= 15 is 0 Å². The predicted octanol–water partition coefficient (Wildman–Crippen LogP) is 4.70. The summed E-state index contributed by atoms with van der Waals surface area (Å²) in [7, 11) is 1.67. The third-order valence-corrected chi connectivity index (χ3v) is 4.14. The standard InChI is InChI=1S/C22H22FNO2/c1-25-21-12-6-3-8-17(21)14-24-15-18-9-4-7-13-22(18)26-16-19-10-2-5-11-20(19)23/h2-13,24H,14-16H2,1H3. The van der Waals surface area contributed by atoms with Gasteiger partial charge >= 0.3 is 0 Å². The molecule has 0 saturated carbocycles. The van der Waals surface area contributed by atoms with E-state index in [0.717, 1.165) is 22.6 Å². The zero-order valence-electron chi connectivity index (χ0n) is 14.7. The van der Waals surface area contributed by atoms with Crippen LogP contribution in [-0.4, -0.2) is 7.11 Å². The molecule has 3 nitrogen and oxygen atoms in total. The van der Waals surface area contributed by atoms with Crippen LogP contribution in [0.5, 0.6) is 11.5 Å². The molecular formula is C22H22FNO2. The molecule has 0 aromatic heterocycles. The zero-order chi connectivity index (χ0) is 18.2. The summed E-state index contributed by atoms with van der Waals surface area (Å²) < 4.78 is 25.0. The molecule has 0 spiro atoms. The predicted molar refractivity (Wildman–Crippen MR) is 101 cm³/mol. The minimum Gasteiger partial charge on any atom is -0.496 e. The van der Waals surface area contributed by atoms with Gasteiger partial charge in [-0.3, -0.25) is 0 Å². The maximum Gasteiger partial charge on any atom is 0.129 e. The van der Waals surface area contributed by atoms with Crippen molar-refractivity contribution in [2.24, 2.45) is 0 Å². The lowest BCUT2D eigenvalue weighted by Crippen LogP contribution is -2.14. The van der Waals surface area contributed by atoms with E-state index in [1.807, 2.05) is 54.6 Å². The summed E-state index contributed by atoms with van der Waals surface area (Å²) in [5.74, 6) is 1.37. The molecule has 0 bridgehead atoms. The van der Waals surface area contributed by atoms with Crippen LogP contribution in [0.3, 0.4) is 0 Å². The minimum atomic E-state index is -0.251. The Morgan fingerprint density at radius 1 is 0.731 bits per heavy atom. The Labute approximate surface area is 153 Å². The van der Waals surface area contributed by atoms with Crippen LogP contribution < -0.4 is 14.8 Å². The van der Waals surface area contributed by atoms with E-state index in [1.54, 1.807) is 19.2 Å². The number of hydrogen-bond acceptors (Lipinski definition) is 3. The highest BCUT2D eigenvalue weighted by atomic mass is 19.1. The number of nitrogens with one attached hydrogen (secondary N) is 1. The maximum atomic E-state index is 13.8. The summed E-state index contributed by atoms with van der Waals surface area (Å²) in [6.07, 6.45) is 0. The van der Waals surface area contributed by atoms with Gasteiger partial charge in [0.1, 0.15) is 23.9 Å². The SMILES string of the molecule is COc1ccccc1CNCc1ccccc1OCc1ccccc1F. The van der Waals surface area contributed by atoms with Crippen LogP contribution in [0.4, 0.5) is 4.39 Å². The number of halogens is 1. The first kappa shape index (κ1) is 18.0.